The van der Waals surface area contributed by atoms with Crippen LogP contribution < -0.4 is 5.46 Å². The van der Waals surface area contributed by atoms with E-state index >= 15 is 0 Å². The van der Waals surface area contributed by atoms with Gasteiger partial charge in [-0.2, -0.15) is 0 Å². The zero-order valence-electron chi connectivity index (χ0n) is 11.4. The summed E-state index contributed by atoms with van der Waals surface area (Å²) in [7, 11) is -1.34. The number of carboxylic acids is 1. The van der Waals surface area contributed by atoms with E-state index in [9.17, 15) is 14.9 Å². The molecule has 0 saturated carbocycles. The Morgan fingerprint density at radius 2 is 1.95 bits per heavy atom. The first-order chi connectivity index (χ1) is 8.54. The summed E-state index contributed by atoms with van der Waals surface area (Å²) in [6.45, 7) is 6.40. The highest BCUT2D eigenvalue weighted by Crippen LogP contribution is 2.25. The lowest BCUT2D eigenvalue weighted by Gasteiger charge is -2.38. The molecule has 0 unspecified atom stereocenters. The van der Waals surface area contributed by atoms with E-state index in [1.807, 2.05) is 0 Å². The van der Waals surface area contributed by atoms with Crippen molar-refractivity contribution in [2.75, 3.05) is 0 Å². The first-order valence-electron chi connectivity index (χ1n) is 5.82. The molecule has 6 nitrogen and oxygen atoms in total. The topological polar surface area (TPSA) is 99.9 Å². The first kappa shape index (κ1) is 15.6. The van der Waals surface area contributed by atoms with Crippen LogP contribution in [-0.4, -0.2) is 44.5 Å². The zero-order valence-corrected chi connectivity index (χ0v) is 11.4. The molecule has 0 bridgehead atoms. The summed E-state index contributed by atoms with van der Waals surface area (Å²) in [6.07, 6.45) is 1.28. The lowest BCUT2D eigenvalue weighted by Crippen LogP contribution is -2.53. The van der Waals surface area contributed by atoms with Crippen LogP contribution in [0.25, 0.3) is 0 Å². The first-order valence-corrected chi connectivity index (χ1v) is 5.82. The van der Waals surface area contributed by atoms with E-state index in [1.54, 1.807) is 27.7 Å². The Hall–Kier alpha value is -1.44. The van der Waals surface area contributed by atoms with Gasteiger partial charge in [-0.05, 0) is 45.3 Å². The standard InChI is InChI=1S/C12H18BNO5/c1-11(2,17)12(3,4)19-13(18)8-5-6-14-9(7-8)10(15)16/h5-7,17-18H,1-4H3,(H,15,16). The van der Waals surface area contributed by atoms with Gasteiger partial charge in [-0.15, -0.1) is 0 Å². The summed E-state index contributed by atoms with van der Waals surface area (Å²) in [5, 5.41) is 28.7. The number of pyridine rings is 1. The van der Waals surface area contributed by atoms with E-state index in [0.717, 1.165) is 0 Å². The van der Waals surface area contributed by atoms with Crippen LogP contribution in [0.1, 0.15) is 38.2 Å². The predicted octanol–water partition coefficient (Wildman–Crippen LogP) is 0.0334. The number of carboxylic acid groups (broad SMARTS) is 1. The predicted molar refractivity (Wildman–Crippen MR) is 70.3 cm³/mol. The number of hydrogen-bond acceptors (Lipinski definition) is 5. The Bertz CT molecular complexity index is 469. The van der Waals surface area contributed by atoms with E-state index in [-0.39, 0.29) is 11.2 Å². The van der Waals surface area contributed by atoms with Gasteiger partial charge < -0.3 is 19.9 Å². The molecule has 0 spiro atoms. The molecule has 0 fully saturated rings. The van der Waals surface area contributed by atoms with Crippen LogP contribution in [0, 0.1) is 0 Å². The molecule has 0 aliphatic rings. The van der Waals surface area contributed by atoms with Gasteiger partial charge in [-0.25, -0.2) is 9.78 Å². The summed E-state index contributed by atoms with van der Waals surface area (Å²) >= 11 is 0. The van der Waals surface area contributed by atoms with Gasteiger partial charge in [-0.3, -0.25) is 0 Å². The Labute approximate surface area is 112 Å². The third kappa shape index (κ3) is 3.76. The summed E-state index contributed by atoms with van der Waals surface area (Å²) in [5.41, 5.74) is -2.10. The van der Waals surface area contributed by atoms with E-state index < -0.39 is 24.3 Å². The quantitative estimate of drug-likeness (QED) is 0.651. The number of carbonyl (C=O) groups is 1. The molecular formula is C12H18BNO5. The Morgan fingerprint density at radius 3 is 2.42 bits per heavy atom. The van der Waals surface area contributed by atoms with Crippen molar-refractivity contribution >= 4 is 18.6 Å². The van der Waals surface area contributed by atoms with Gasteiger partial charge in [0, 0.05) is 6.20 Å². The summed E-state index contributed by atoms with van der Waals surface area (Å²) < 4.78 is 5.41. The third-order valence-electron chi connectivity index (χ3n) is 3.17. The molecule has 0 amide bonds. The van der Waals surface area contributed by atoms with Crippen molar-refractivity contribution < 1.29 is 24.7 Å². The number of rotatable bonds is 5. The second kappa shape index (κ2) is 5.28. The number of aliphatic hydroxyl groups is 1. The summed E-state index contributed by atoms with van der Waals surface area (Å²) in [5.74, 6) is -1.18. The van der Waals surface area contributed by atoms with Crippen LogP contribution >= 0.6 is 0 Å². The summed E-state index contributed by atoms with van der Waals surface area (Å²) in [4.78, 5) is 14.4. The second-order valence-electron chi connectivity index (χ2n) is 5.32. The van der Waals surface area contributed by atoms with Crippen LogP contribution in [0.4, 0.5) is 0 Å². The second-order valence-corrected chi connectivity index (χ2v) is 5.32. The normalized spacial score (nSPS) is 12.3. The lowest BCUT2D eigenvalue weighted by atomic mass is 9.76. The van der Waals surface area contributed by atoms with E-state index in [2.05, 4.69) is 4.98 Å². The average Bonchev–Trinajstić information content (AvgIpc) is 2.27. The van der Waals surface area contributed by atoms with Crippen molar-refractivity contribution in [3.8, 4) is 0 Å². The molecule has 104 valence electrons. The SMILES string of the molecule is CC(C)(O)C(C)(C)OB(O)c1ccnc(C(=O)O)c1. The third-order valence-corrected chi connectivity index (χ3v) is 3.17. The maximum Gasteiger partial charge on any atom is 0.491 e. The maximum atomic E-state index is 10.8. The van der Waals surface area contributed by atoms with Crippen LogP contribution in [0.5, 0.6) is 0 Å². The van der Waals surface area contributed by atoms with E-state index in [1.165, 1.54) is 18.3 Å². The van der Waals surface area contributed by atoms with Crippen molar-refractivity contribution in [1.29, 1.82) is 0 Å². The van der Waals surface area contributed by atoms with Crippen LogP contribution in [0.15, 0.2) is 18.3 Å². The van der Waals surface area contributed by atoms with Crippen molar-refractivity contribution in [1.82, 2.24) is 4.98 Å². The molecule has 0 saturated heterocycles. The fourth-order valence-corrected chi connectivity index (χ4v) is 1.21. The Kier molecular flexibility index (Phi) is 4.34. The molecule has 0 aliphatic carbocycles. The van der Waals surface area contributed by atoms with Gasteiger partial charge in [0.2, 0.25) is 0 Å². The fourth-order valence-electron chi connectivity index (χ4n) is 1.21. The molecular weight excluding hydrogens is 249 g/mol. The molecule has 1 aromatic heterocycles. The van der Waals surface area contributed by atoms with Crippen molar-refractivity contribution in [3.63, 3.8) is 0 Å². The van der Waals surface area contributed by atoms with Gasteiger partial charge in [0.05, 0.1) is 11.2 Å². The number of aromatic nitrogens is 1. The maximum absolute atomic E-state index is 10.8. The lowest BCUT2D eigenvalue weighted by molar-refractivity contribution is -0.0982. The molecule has 0 radical (unpaired) electrons. The van der Waals surface area contributed by atoms with Crippen LogP contribution in [-0.2, 0) is 4.65 Å². The number of nitrogens with zero attached hydrogens (tertiary/aromatic N) is 1. The van der Waals surface area contributed by atoms with Crippen molar-refractivity contribution in [3.05, 3.63) is 24.0 Å². The fraction of sp³-hybridized carbons (Fsp3) is 0.500. The molecule has 7 heteroatoms. The van der Waals surface area contributed by atoms with Crippen molar-refractivity contribution in [2.45, 2.75) is 38.9 Å². The van der Waals surface area contributed by atoms with E-state index in [0.29, 0.717) is 0 Å². The van der Waals surface area contributed by atoms with Gasteiger partial charge >= 0.3 is 13.1 Å². The van der Waals surface area contributed by atoms with Gasteiger partial charge in [0.1, 0.15) is 5.69 Å². The van der Waals surface area contributed by atoms with Crippen LogP contribution in [0.3, 0.4) is 0 Å². The van der Waals surface area contributed by atoms with Gasteiger partial charge in [0.15, 0.2) is 0 Å². The van der Waals surface area contributed by atoms with Crippen molar-refractivity contribution in [2.24, 2.45) is 0 Å². The van der Waals surface area contributed by atoms with Crippen LogP contribution in [0.2, 0.25) is 0 Å². The number of hydrogen-bond donors (Lipinski definition) is 3. The summed E-state index contributed by atoms with van der Waals surface area (Å²) in [6, 6.07) is 2.69. The molecule has 1 rings (SSSR count). The molecule has 3 N–H and O–H groups in total. The minimum Gasteiger partial charge on any atom is -0.477 e. The zero-order chi connectivity index (χ0) is 14.8. The molecule has 0 atom stereocenters. The highest BCUT2D eigenvalue weighted by atomic mass is 16.5. The van der Waals surface area contributed by atoms with Gasteiger partial charge in [-0.1, -0.05) is 0 Å². The van der Waals surface area contributed by atoms with E-state index in [4.69, 9.17) is 9.76 Å². The molecule has 19 heavy (non-hydrogen) atoms. The highest BCUT2D eigenvalue weighted by Gasteiger charge is 2.39. The molecule has 1 heterocycles. The monoisotopic (exact) mass is 267 g/mol. The largest absolute Gasteiger partial charge is 0.491 e. The Balaban J connectivity index is 2.93. The Morgan fingerprint density at radius 1 is 1.37 bits per heavy atom. The molecule has 1 aromatic rings. The minimum absolute atomic E-state index is 0.179. The number of aromatic carboxylic acids is 1. The molecule has 0 aliphatic heterocycles. The molecule has 0 aromatic carbocycles. The van der Waals surface area contributed by atoms with Gasteiger partial charge in [0.25, 0.3) is 0 Å². The highest BCUT2D eigenvalue weighted by molar-refractivity contribution is 6.60. The average molecular weight is 267 g/mol. The minimum atomic E-state index is -1.34. The smallest absolute Gasteiger partial charge is 0.477 e.